The van der Waals surface area contributed by atoms with Crippen LogP contribution in [0.1, 0.15) is 30.5 Å². The Morgan fingerprint density at radius 2 is 1.67 bits per heavy atom. The van der Waals surface area contributed by atoms with Crippen LogP contribution in [-0.2, 0) is 19.6 Å². The van der Waals surface area contributed by atoms with Gasteiger partial charge in [0.2, 0.25) is 0 Å². The molecule has 1 N–H and O–H groups in total. The molecule has 0 fully saturated rings. The lowest BCUT2D eigenvalue weighted by atomic mass is 10.1. The molecule has 2 nitrogen and oxygen atoms in total. The Labute approximate surface area is 132 Å². The predicted molar refractivity (Wildman–Crippen MR) is 92.5 cm³/mol. The van der Waals surface area contributed by atoms with Crippen molar-refractivity contribution in [3.8, 4) is 0 Å². The van der Waals surface area contributed by atoms with E-state index in [-0.39, 0.29) is 0 Å². The van der Waals surface area contributed by atoms with Gasteiger partial charge < -0.3 is 5.32 Å². The van der Waals surface area contributed by atoms with E-state index in [1.807, 2.05) is 0 Å². The van der Waals surface area contributed by atoms with Gasteiger partial charge in [-0.05, 0) is 53.0 Å². The van der Waals surface area contributed by atoms with Gasteiger partial charge in [-0.3, -0.25) is 4.90 Å². The molecule has 2 rings (SSSR count). The number of nitrogens with one attached hydrogen (secondary N) is 1. The van der Waals surface area contributed by atoms with Gasteiger partial charge in [0, 0.05) is 19.6 Å². The lowest BCUT2D eigenvalue weighted by molar-refractivity contribution is 0.319. The maximum atomic E-state index is 3.48. The smallest absolute Gasteiger partial charge is 0.0242 e. The van der Waals surface area contributed by atoms with Crippen LogP contribution in [0.25, 0.3) is 0 Å². The normalized spacial score (nSPS) is 11.5. The summed E-state index contributed by atoms with van der Waals surface area (Å²) in [4.78, 5) is 2.36. The van der Waals surface area contributed by atoms with Crippen molar-refractivity contribution < 1.29 is 0 Å². The second-order valence-corrected chi connectivity index (χ2v) is 6.93. The molecule has 114 valence electrons. The molecule has 2 aromatic rings. The predicted octanol–water partition coefficient (Wildman–Crippen LogP) is 4.13. The van der Waals surface area contributed by atoms with Gasteiger partial charge in [-0.1, -0.05) is 38.1 Å². The number of thiophene rings is 1. The Morgan fingerprint density at radius 1 is 1.00 bits per heavy atom. The zero-order valence-electron chi connectivity index (χ0n) is 13.3. The fraction of sp³-hybridized carbons (Fsp3) is 0.444. The van der Waals surface area contributed by atoms with Gasteiger partial charge >= 0.3 is 0 Å². The summed E-state index contributed by atoms with van der Waals surface area (Å²) in [7, 11) is 2.18. The van der Waals surface area contributed by atoms with Crippen LogP contribution >= 0.6 is 11.3 Å². The molecule has 0 amide bonds. The molecule has 21 heavy (non-hydrogen) atoms. The van der Waals surface area contributed by atoms with Crippen molar-refractivity contribution in [1.82, 2.24) is 10.2 Å². The summed E-state index contributed by atoms with van der Waals surface area (Å²) < 4.78 is 0. The lowest BCUT2D eigenvalue weighted by Gasteiger charge is -2.16. The van der Waals surface area contributed by atoms with Crippen LogP contribution in [0.2, 0.25) is 0 Å². The molecule has 0 saturated carbocycles. The summed E-state index contributed by atoms with van der Waals surface area (Å²) in [5.74, 6) is 0.704. The quantitative estimate of drug-likeness (QED) is 0.789. The van der Waals surface area contributed by atoms with E-state index in [0.717, 1.165) is 26.2 Å². The number of rotatable bonds is 8. The van der Waals surface area contributed by atoms with Crippen molar-refractivity contribution in [2.24, 2.45) is 5.92 Å². The van der Waals surface area contributed by atoms with E-state index in [2.05, 4.69) is 72.2 Å². The van der Waals surface area contributed by atoms with Crippen molar-refractivity contribution in [3.05, 3.63) is 57.8 Å². The SMILES string of the molecule is CC(C)CNCc1ccc(CN(C)Cc2ccsc2)cc1. The molecule has 0 radical (unpaired) electrons. The van der Waals surface area contributed by atoms with Gasteiger partial charge in [0.1, 0.15) is 0 Å². The van der Waals surface area contributed by atoms with Crippen LogP contribution in [0.15, 0.2) is 41.1 Å². The Kier molecular flexibility index (Phi) is 6.43. The van der Waals surface area contributed by atoms with Crippen LogP contribution in [0.3, 0.4) is 0 Å². The minimum Gasteiger partial charge on any atom is -0.312 e. The van der Waals surface area contributed by atoms with E-state index in [9.17, 15) is 0 Å². The molecule has 0 atom stereocenters. The third kappa shape index (κ3) is 6.00. The standard InChI is InChI=1S/C18H26N2S/c1-15(2)10-19-11-16-4-6-17(7-5-16)12-20(3)13-18-8-9-21-14-18/h4-9,14-15,19H,10-13H2,1-3H3. The second kappa shape index (κ2) is 8.32. The van der Waals surface area contributed by atoms with E-state index in [0.29, 0.717) is 5.92 Å². The molecule has 1 heterocycles. The van der Waals surface area contributed by atoms with Gasteiger partial charge in [-0.15, -0.1) is 0 Å². The van der Waals surface area contributed by atoms with E-state index < -0.39 is 0 Å². The molecule has 1 aromatic heterocycles. The Morgan fingerprint density at radius 3 is 2.29 bits per heavy atom. The summed E-state index contributed by atoms with van der Waals surface area (Å²) in [5.41, 5.74) is 4.14. The number of benzene rings is 1. The number of hydrogen-bond donors (Lipinski definition) is 1. The molecule has 3 heteroatoms. The Balaban J connectivity index is 1.78. The Bertz CT molecular complexity index is 503. The van der Waals surface area contributed by atoms with E-state index in [1.54, 1.807) is 11.3 Å². The molecular formula is C18H26N2S. The zero-order valence-corrected chi connectivity index (χ0v) is 14.1. The molecule has 0 bridgehead atoms. The maximum absolute atomic E-state index is 3.48. The maximum Gasteiger partial charge on any atom is 0.0242 e. The topological polar surface area (TPSA) is 15.3 Å². The van der Waals surface area contributed by atoms with Gasteiger partial charge in [0.05, 0.1) is 0 Å². The average Bonchev–Trinajstić information content (AvgIpc) is 2.93. The van der Waals surface area contributed by atoms with E-state index in [1.165, 1.54) is 16.7 Å². The van der Waals surface area contributed by atoms with Crippen LogP contribution in [0.5, 0.6) is 0 Å². The summed E-state index contributed by atoms with van der Waals surface area (Å²) in [6.45, 7) is 8.52. The zero-order chi connectivity index (χ0) is 15.1. The molecule has 0 aliphatic heterocycles. The summed E-state index contributed by atoms with van der Waals surface area (Å²) in [6, 6.07) is 11.2. The highest BCUT2D eigenvalue weighted by molar-refractivity contribution is 7.07. The van der Waals surface area contributed by atoms with Gasteiger partial charge in [-0.25, -0.2) is 0 Å². The van der Waals surface area contributed by atoms with Gasteiger partial charge in [0.25, 0.3) is 0 Å². The van der Waals surface area contributed by atoms with Crippen LogP contribution in [0.4, 0.5) is 0 Å². The molecule has 0 aliphatic rings. The highest BCUT2D eigenvalue weighted by Gasteiger charge is 2.03. The van der Waals surface area contributed by atoms with Crippen LogP contribution < -0.4 is 5.32 Å². The minimum absolute atomic E-state index is 0.704. The van der Waals surface area contributed by atoms with Crippen molar-refractivity contribution >= 4 is 11.3 Å². The largest absolute Gasteiger partial charge is 0.312 e. The fourth-order valence-corrected chi connectivity index (χ4v) is 2.99. The van der Waals surface area contributed by atoms with Crippen LogP contribution in [0, 0.1) is 5.92 Å². The van der Waals surface area contributed by atoms with Crippen LogP contribution in [-0.4, -0.2) is 18.5 Å². The van der Waals surface area contributed by atoms with Crippen molar-refractivity contribution in [2.75, 3.05) is 13.6 Å². The minimum atomic E-state index is 0.704. The van der Waals surface area contributed by atoms with Gasteiger partial charge in [-0.2, -0.15) is 11.3 Å². The molecule has 0 spiro atoms. The summed E-state index contributed by atoms with van der Waals surface area (Å²) in [5, 5.41) is 7.85. The van der Waals surface area contributed by atoms with Gasteiger partial charge in [0.15, 0.2) is 0 Å². The molecule has 0 saturated heterocycles. The third-order valence-electron chi connectivity index (χ3n) is 3.39. The molecule has 0 aliphatic carbocycles. The molecule has 1 aromatic carbocycles. The van der Waals surface area contributed by atoms with Crippen molar-refractivity contribution in [1.29, 1.82) is 0 Å². The summed E-state index contributed by atoms with van der Waals surface area (Å²) in [6.07, 6.45) is 0. The summed E-state index contributed by atoms with van der Waals surface area (Å²) >= 11 is 1.77. The monoisotopic (exact) mass is 302 g/mol. The first-order chi connectivity index (χ1) is 10.1. The number of hydrogen-bond acceptors (Lipinski definition) is 3. The highest BCUT2D eigenvalue weighted by Crippen LogP contribution is 2.12. The third-order valence-corrected chi connectivity index (χ3v) is 4.12. The molecule has 0 unspecified atom stereocenters. The van der Waals surface area contributed by atoms with E-state index in [4.69, 9.17) is 0 Å². The van der Waals surface area contributed by atoms with Crippen molar-refractivity contribution in [2.45, 2.75) is 33.5 Å². The second-order valence-electron chi connectivity index (χ2n) is 6.15. The van der Waals surface area contributed by atoms with E-state index >= 15 is 0 Å². The first-order valence-corrected chi connectivity index (χ1v) is 8.56. The highest BCUT2D eigenvalue weighted by atomic mass is 32.1. The number of nitrogens with zero attached hydrogens (tertiary/aromatic N) is 1. The first-order valence-electron chi connectivity index (χ1n) is 7.61. The Hall–Kier alpha value is -1.16. The average molecular weight is 302 g/mol. The fourth-order valence-electron chi connectivity index (χ4n) is 2.33. The lowest BCUT2D eigenvalue weighted by Crippen LogP contribution is -2.19. The first kappa shape index (κ1) is 16.2. The molecular weight excluding hydrogens is 276 g/mol. The van der Waals surface area contributed by atoms with Crippen molar-refractivity contribution in [3.63, 3.8) is 0 Å².